The van der Waals surface area contributed by atoms with Gasteiger partial charge >= 0.3 is 12.1 Å². The van der Waals surface area contributed by atoms with Crippen LogP contribution in [0.1, 0.15) is 21.5 Å². The molecule has 0 heterocycles. The summed E-state index contributed by atoms with van der Waals surface area (Å²) in [4.78, 5) is 23.3. The van der Waals surface area contributed by atoms with Crippen molar-refractivity contribution in [3.63, 3.8) is 0 Å². The summed E-state index contributed by atoms with van der Waals surface area (Å²) in [6, 6.07) is 5.11. The van der Waals surface area contributed by atoms with Crippen molar-refractivity contribution in [3.8, 4) is 0 Å². The monoisotopic (exact) mass is 373 g/mol. The zero-order chi connectivity index (χ0) is 19.5. The second kappa shape index (κ2) is 7.51. The molecule has 9 heteroatoms. The van der Waals surface area contributed by atoms with Crippen LogP contribution in [0.25, 0.3) is 0 Å². The maximum Gasteiger partial charge on any atom is 0.416 e. The first kappa shape index (κ1) is 19.4. The first-order valence-corrected chi connectivity index (χ1v) is 7.23. The van der Waals surface area contributed by atoms with E-state index in [0.29, 0.717) is 0 Å². The Kier molecular flexibility index (Phi) is 5.59. The van der Waals surface area contributed by atoms with Crippen molar-refractivity contribution in [1.29, 1.82) is 0 Å². The van der Waals surface area contributed by atoms with Crippen LogP contribution in [0.5, 0.6) is 0 Å². The molecule has 1 atom stereocenters. The van der Waals surface area contributed by atoms with Crippen LogP contribution in [0.2, 0.25) is 0 Å². The highest BCUT2D eigenvalue weighted by atomic mass is 19.4. The SMILES string of the molecule is O=C(N[C@H](Cc1cccc(C(F)(F)F)c1)C(=O)O)c1cccc(F)c1F. The molecule has 2 aromatic carbocycles. The average molecular weight is 373 g/mol. The molecule has 0 fully saturated rings. The van der Waals surface area contributed by atoms with Gasteiger partial charge in [0, 0.05) is 6.42 Å². The molecule has 0 bridgehead atoms. The predicted molar refractivity (Wildman–Crippen MR) is 80.4 cm³/mol. The Hall–Kier alpha value is -2.97. The van der Waals surface area contributed by atoms with Crippen LogP contribution >= 0.6 is 0 Å². The number of carboxylic acids is 1. The van der Waals surface area contributed by atoms with Gasteiger partial charge in [-0.2, -0.15) is 13.2 Å². The number of aliphatic carboxylic acids is 1. The van der Waals surface area contributed by atoms with Crippen LogP contribution in [0.3, 0.4) is 0 Å². The second-order valence-corrected chi connectivity index (χ2v) is 5.37. The highest BCUT2D eigenvalue weighted by Crippen LogP contribution is 2.29. The largest absolute Gasteiger partial charge is 0.480 e. The summed E-state index contributed by atoms with van der Waals surface area (Å²) < 4.78 is 64.9. The molecule has 2 rings (SSSR count). The fraction of sp³-hybridized carbons (Fsp3) is 0.176. The van der Waals surface area contributed by atoms with E-state index in [2.05, 4.69) is 0 Å². The number of benzene rings is 2. The Morgan fingerprint density at radius 3 is 2.35 bits per heavy atom. The van der Waals surface area contributed by atoms with Crippen molar-refractivity contribution in [1.82, 2.24) is 5.32 Å². The lowest BCUT2D eigenvalue weighted by Gasteiger charge is -2.16. The number of carbonyl (C=O) groups is 2. The van der Waals surface area contributed by atoms with Crippen LogP contribution < -0.4 is 5.32 Å². The van der Waals surface area contributed by atoms with Crippen molar-refractivity contribution in [3.05, 3.63) is 70.8 Å². The van der Waals surface area contributed by atoms with Gasteiger partial charge in [0.05, 0.1) is 11.1 Å². The van der Waals surface area contributed by atoms with Crippen LogP contribution in [-0.4, -0.2) is 23.0 Å². The predicted octanol–water partition coefficient (Wildman–Crippen LogP) is 3.41. The summed E-state index contributed by atoms with van der Waals surface area (Å²) in [6.07, 6.45) is -5.08. The van der Waals surface area contributed by atoms with Crippen LogP contribution in [0.15, 0.2) is 42.5 Å². The Morgan fingerprint density at radius 2 is 1.73 bits per heavy atom. The molecule has 138 valence electrons. The van der Waals surface area contributed by atoms with E-state index >= 15 is 0 Å². The standard InChI is InChI=1S/C17H12F5NO3/c18-12-6-2-5-11(14(12)19)15(24)23-13(16(25)26)8-9-3-1-4-10(7-9)17(20,21)22/h1-7,13H,8H2,(H,23,24)(H,25,26)/t13-/m1/s1. The number of hydrogen-bond donors (Lipinski definition) is 2. The van der Waals surface area contributed by atoms with Gasteiger partial charge in [-0.3, -0.25) is 4.79 Å². The molecule has 0 aliphatic heterocycles. The summed E-state index contributed by atoms with van der Waals surface area (Å²) in [7, 11) is 0. The minimum Gasteiger partial charge on any atom is -0.480 e. The number of carboxylic acid groups (broad SMARTS) is 1. The Labute approximate surface area is 144 Å². The van der Waals surface area contributed by atoms with Crippen LogP contribution in [0, 0.1) is 11.6 Å². The van der Waals surface area contributed by atoms with Gasteiger partial charge in [0.1, 0.15) is 6.04 Å². The molecule has 0 unspecified atom stereocenters. The van der Waals surface area contributed by atoms with Gasteiger partial charge in [-0.15, -0.1) is 0 Å². The highest BCUT2D eigenvalue weighted by Gasteiger charge is 2.31. The molecule has 4 nitrogen and oxygen atoms in total. The average Bonchev–Trinajstić information content (AvgIpc) is 2.56. The van der Waals surface area contributed by atoms with E-state index in [1.165, 1.54) is 6.07 Å². The van der Waals surface area contributed by atoms with Gasteiger partial charge in [0.25, 0.3) is 5.91 Å². The molecule has 26 heavy (non-hydrogen) atoms. The molecule has 0 saturated heterocycles. The topological polar surface area (TPSA) is 66.4 Å². The van der Waals surface area contributed by atoms with Crippen molar-refractivity contribution in [2.24, 2.45) is 0 Å². The van der Waals surface area contributed by atoms with E-state index in [1.807, 2.05) is 5.32 Å². The van der Waals surface area contributed by atoms with Gasteiger partial charge in [0.2, 0.25) is 0 Å². The summed E-state index contributed by atoms with van der Waals surface area (Å²) >= 11 is 0. The van der Waals surface area contributed by atoms with E-state index in [0.717, 1.165) is 36.4 Å². The number of carbonyl (C=O) groups excluding carboxylic acids is 1. The molecule has 0 aromatic heterocycles. The molecule has 0 spiro atoms. The lowest BCUT2D eigenvalue weighted by atomic mass is 10.0. The molecule has 0 saturated carbocycles. The quantitative estimate of drug-likeness (QED) is 0.790. The summed E-state index contributed by atoms with van der Waals surface area (Å²) in [5.41, 5.74) is -1.67. The third-order valence-electron chi connectivity index (χ3n) is 3.49. The zero-order valence-corrected chi connectivity index (χ0v) is 13.0. The van der Waals surface area contributed by atoms with Crippen molar-refractivity contribution >= 4 is 11.9 Å². The van der Waals surface area contributed by atoms with Gasteiger partial charge < -0.3 is 10.4 Å². The molecule has 2 aromatic rings. The first-order chi connectivity index (χ1) is 12.1. The summed E-state index contributed by atoms with van der Waals surface area (Å²) in [6.45, 7) is 0. The number of alkyl halides is 3. The van der Waals surface area contributed by atoms with E-state index in [-0.39, 0.29) is 5.56 Å². The molecule has 0 aliphatic rings. The third-order valence-corrected chi connectivity index (χ3v) is 3.49. The minimum atomic E-state index is -4.61. The second-order valence-electron chi connectivity index (χ2n) is 5.37. The Balaban J connectivity index is 2.21. The maximum atomic E-state index is 13.6. The number of hydrogen-bond acceptors (Lipinski definition) is 2. The van der Waals surface area contributed by atoms with E-state index < -0.39 is 53.3 Å². The highest BCUT2D eigenvalue weighted by molar-refractivity contribution is 5.96. The van der Waals surface area contributed by atoms with E-state index in [9.17, 15) is 36.6 Å². The Morgan fingerprint density at radius 1 is 1.08 bits per heavy atom. The fourth-order valence-corrected chi connectivity index (χ4v) is 2.23. The van der Waals surface area contributed by atoms with Gasteiger partial charge in [-0.25, -0.2) is 13.6 Å². The minimum absolute atomic E-state index is 0.00670. The van der Waals surface area contributed by atoms with Crippen molar-refractivity contribution in [2.75, 3.05) is 0 Å². The molecule has 0 aliphatic carbocycles. The Bertz CT molecular complexity index is 835. The molecule has 1 amide bonds. The van der Waals surface area contributed by atoms with E-state index in [1.54, 1.807) is 0 Å². The normalized spacial score (nSPS) is 12.5. The smallest absolute Gasteiger partial charge is 0.416 e. The lowest BCUT2D eigenvalue weighted by Crippen LogP contribution is -2.42. The lowest BCUT2D eigenvalue weighted by molar-refractivity contribution is -0.139. The van der Waals surface area contributed by atoms with Gasteiger partial charge in [-0.05, 0) is 23.8 Å². The molecular weight excluding hydrogens is 361 g/mol. The number of amides is 1. The van der Waals surface area contributed by atoms with Gasteiger partial charge in [-0.1, -0.05) is 24.3 Å². The molecular formula is C17H12F5NO3. The van der Waals surface area contributed by atoms with Crippen molar-refractivity contribution in [2.45, 2.75) is 18.6 Å². The third kappa shape index (κ3) is 4.56. The van der Waals surface area contributed by atoms with Crippen LogP contribution in [-0.2, 0) is 17.4 Å². The first-order valence-electron chi connectivity index (χ1n) is 7.23. The van der Waals surface area contributed by atoms with E-state index in [4.69, 9.17) is 0 Å². The summed E-state index contributed by atoms with van der Waals surface area (Å²) in [5.74, 6) is -5.47. The number of nitrogens with one attached hydrogen (secondary N) is 1. The zero-order valence-electron chi connectivity index (χ0n) is 13.0. The number of halogens is 5. The fourth-order valence-electron chi connectivity index (χ4n) is 2.23. The molecule has 2 N–H and O–H groups in total. The van der Waals surface area contributed by atoms with Gasteiger partial charge in [0.15, 0.2) is 11.6 Å². The molecule has 0 radical (unpaired) electrons. The maximum absolute atomic E-state index is 13.6. The number of rotatable bonds is 5. The van der Waals surface area contributed by atoms with Crippen molar-refractivity contribution < 1.29 is 36.6 Å². The summed E-state index contributed by atoms with van der Waals surface area (Å²) in [5, 5.41) is 11.2. The van der Waals surface area contributed by atoms with Crippen LogP contribution in [0.4, 0.5) is 22.0 Å².